The molecule has 0 bridgehead atoms. The first-order valence-electron chi connectivity index (χ1n) is 7.95. The van der Waals surface area contributed by atoms with Crippen molar-refractivity contribution in [3.63, 3.8) is 0 Å². The zero-order valence-corrected chi connectivity index (χ0v) is 13.4. The molecule has 1 aromatic carbocycles. The number of benzene rings is 1. The summed E-state index contributed by atoms with van der Waals surface area (Å²) in [6.45, 7) is 0.739. The van der Waals surface area contributed by atoms with E-state index < -0.39 is 0 Å². The third-order valence-electron chi connectivity index (χ3n) is 3.97. The van der Waals surface area contributed by atoms with E-state index in [9.17, 15) is 0 Å². The van der Waals surface area contributed by atoms with Gasteiger partial charge in [0, 0.05) is 24.5 Å². The molecule has 0 saturated heterocycles. The van der Waals surface area contributed by atoms with Gasteiger partial charge in [-0.1, -0.05) is 35.5 Å². The van der Waals surface area contributed by atoms with E-state index >= 15 is 0 Å². The van der Waals surface area contributed by atoms with Crippen LogP contribution >= 0.6 is 0 Å². The first-order valence-corrected chi connectivity index (χ1v) is 7.95. The van der Waals surface area contributed by atoms with Gasteiger partial charge in [-0.3, -0.25) is 4.68 Å². The van der Waals surface area contributed by atoms with Crippen molar-refractivity contribution in [3.05, 3.63) is 73.5 Å². The minimum atomic E-state index is 0.0521. The van der Waals surface area contributed by atoms with Crippen molar-refractivity contribution in [1.29, 1.82) is 0 Å². The standard InChI is InChI=1S/C17H16N8/c1-2-4-14(5-3-1)17(6-7-24-13-20-12-21-24)25-10-16(22-23-25)15-8-18-11-19-9-15/h1-5,8-13,17H,6-7H2/t17-/m1/s1. The zero-order chi connectivity index (χ0) is 16.9. The van der Waals surface area contributed by atoms with Crippen LogP contribution in [0.3, 0.4) is 0 Å². The Bertz CT molecular complexity index is 902. The highest BCUT2D eigenvalue weighted by Crippen LogP contribution is 2.24. The molecule has 0 unspecified atom stereocenters. The van der Waals surface area contributed by atoms with Crippen LogP contribution in [0, 0.1) is 0 Å². The maximum absolute atomic E-state index is 4.34. The second-order valence-electron chi connectivity index (χ2n) is 5.58. The minimum absolute atomic E-state index is 0.0521. The van der Waals surface area contributed by atoms with Crippen LogP contribution in [-0.2, 0) is 6.54 Å². The molecule has 124 valence electrons. The molecule has 0 spiro atoms. The van der Waals surface area contributed by atoms with Crippen LogP contribution in [0.15, 0.2) is 67.9 Å². The van der Waals surface area contributed by atoms with E-state index in [2.05, 4.69) is 42.5 Å². The van der Waals surface area contributed by atoms with Crippen molar-refractivity contribution in [3.8, 4) is 11.3 Å². The molecule has 0 saturated carbocycles. The van der Waals surface area contributed by atoms with Crippen LogP contribution in [0.2, 0.25) is 0 Å². The molecule has 0 aliphatic heterocycles. The lowest BCUT2D eigenvalue weighted by molar-refractivity contribution is 0.430. The minimum Gasteiger partial charge on any atom is -0.253 e. The van der Waals surface area contributed by atoms with Crippen molar-refractivity contribution in [2.75, 3.05) is 0 Å². The maximum Gasteiger partial charge on any atom is 0.137 e. The first-order chi connectivity index (χ1) is 12.4. The molecule has 0 aliphatic rings. The number of aryl methyl sites for hydroxylation is 1. The molecule has 3 heterocycles. The molecule has 25 heavy (non-hydrogen) atoms. The van der Waals surface area contributed by atoms with Crippen LogP contribution < -0.4 is 0 Å². The fourth-order valence-corrected chi connectivity index (χ4v) is 2.72. The smallest absolute Gasteiger partial charge is 0.137 e. The SMILES string of the molecule is c1ccc([C@@H](CCn2cncn2)n2cc(-c3cncnc3)nn2)cc1. The van der Waals surface area contributed by atoms with E-state index in [1.54, 1.807) is 25.0 Å². The molecular weight excluding hydrogens is 316 g/mol. The average molecular weight is 332 g/mol. The summed E-state index contributed by atoms with van der Waals surface area (Å²) in [6, 6.07) is 10.3. The van der Waals surface area contributed by atoms with Gasteiger partial charge >= 0.3 is 0 Å². The van der Waals surface area contributed by atoms with Gasteiger partial charge in [0.25, 0.3) is 0 Å². The summed E-state index contributed by atoms with van der Waals surface area (Å²) >= 11 is 0. The van der Waals surface area contributed by atoms with Crippen LogP contribution in [0.4, 0.5) is 0 Å². The van der Waals surface area contributed by atoms with Gasteiger partial charge in [-0.25, -0.2) is 19.6 Å². The Balaban J connectivity index is 1.62. The molecular formula is C17H16N8. The lowest BCUT2D eigenvalue weighted by atomic mass is 10.0. The molecule has 0 radical (unpaired) electrons. The highest BCUT2D eigenvalue weighted by Gasteiger charge is 2.16. The monoisotopic (exact) mass is 332 g/mol. The van der Waals surface area contributed by atoms with Crippen molar-refractivity contribution in [2.24, 2.45) is 0 Å². The maximum atomic E-state index is 4.34. The quantitative estimate of drug-likeness (QED) is 0.537. The number of aromatic nitrogens is 8. The van der Waals surface area contributed by atoms with Gasteiger partial charge in [-0.05, 0) is 12.0 Å². The topological polar surface area (TPSA) is 87.2 Å². The molecule has 0 aliphatic carbocycles. The first kappa shape index (κ1) is 15.1. The lowest BCUT2D eigenvalue weighted by Gasteiger charge is -2.17. The van der Waals surface area contributed by atoms with Gasteiger partial charge in [0.05, 0.1) is 12.2 Å². The molecule has 0 amide bonds. The second kappa shape index (κ2) is 7.00. The molecule has 1 atom stereocenters. The van der Waals surface area contributed by atoms with E-state index in [0.29, 0.717) is 0 Å². The van der Waals surface area contributed by atoms with E-state index in [-0.39, 0.29) is 6.04 Å². The lowest BCUT2D eigenvalue weighted by Crippen LogP contribution is -2.14. The molecule has 8 heteroatoms. The third kappa shape index (κ3) is 3.42. The van der Waals surface area contributed by atoms with Gasteiger partial charge in [-0.15, -0.1) is 5.10 Å². The van der Waals surface area contributed by atoms with Crippen molar-refractivity contribution in [1.82, 2.24) is 39.7 Å². The summed E-state index contributed by atoms with van der Waals surface area (Å²) in [5.74, 6) is 0. The normalized spacial score (nSPS) is 12.2. The van der Waals surface area contributed by atoms with Crippen molar-refractivity contribution in [2.45, 2.75) is 19.0 Å². The number of rotatable bonds is 6. The van der Waals surface area contributed by atoms with E-state index in [1.165, 1.54) is 11.9 Å². The number of hydrogen-bond donors (Lipinski definition) is 0. The Labute approximate surface area is 144 Å². The predicted octanol–water partition coefficient (Wildman–Crippen LogP) is 2.01. The van der Waals surface area contributed by atoms with Crippen LogP contribution in [0.5, 0.6) is 0 Å². The largest absolute Gasteiger partial charge is 0.253 e. The summed E-state index contributed by atoms with van der Waals surface area (Å²) in [5.41, 5.74) is 2.77. The van der Waals surface area contributed by atoms with E-state index in [1.807, 2.05) is 33.8 Å². The zero-order valence-electron chi connectivity index (χ0n) is 13.4. The van der Waals surface area contributed by atoms with Crippen molar-refractivity contribution < 1.29 is 0 Å². The average Bonchev–Trinajstić information content (AvgIpc) is 3.36. The Morgan fingerprint density at radius 1 is 0.960 bits per heavy atom. The van der Waals surface area contributed by atoms with Gasteiger partial charge in [0.15, 0.2) is 0 Å². The second-order valence-corrected chi connectivity index (χ2v) is 5.58. The Kier molecular flexibility index (Phi) is 4.23. The Hall–Kier alpha value is -3.42. The highest BCUT2D eigenvalue weighted by molar-refractivity contribution is 5.54. The van der Waals surface area contributed by atoms with E-state index in [0.717, 1.165) is 24.2 Å². The predicted molar refractivity (Wildman–Crippen MR) is 90.3 cm³/mol. The van der Waals surface area contributed by atoms with Crippen molar-refractivity contribution >= 4 is 0 Å². The molecule has 3 aromatic heterocycles. The van der Waals surface area contributed by atoms with Crippen LogP contribution in [-0.4, -0.2) is 39.7 Å². The highest BCUT2D eigenvalue weighted by atomic mass is 15.4. The summed E-state index contributed by atoms with van der Waals surface area (Å²) < 4.78 is 3.70. The van der Waals surface area contributed by atoms with Crippen LogP contribution in [0.25, 0.3) is 11.3 Å². The van der Waals surface area contributed by atoms with Gasteiger partial charge in [-0.2, -0.15) is 5.10 Å². The summed E-state index contributed by atoms with van der Waals surface area (Å²) in [4.78, 5) is 12.1. The number of hydrogen-bond acceptors (Lipinski definition) is 6. The molecule has 4 aromatic rings. The van der Waals surface area contributed by atoms with Gasteiger partial charge in [0.2, 0.25) is 0 Å². The summed E-state index contributed by atoms with van der Waals surface area (Å²) in [7, 11) is 0. The fourth-order valence-electron chi connectivity index (χ4n) is 2.72. The third-order valence-corrected chi connectivity index (χ3v) is 3.97. The van der Waals surface area contributed by atoms with E-state index in [4.69, 9.17) is 0 Å². The van der Waals surface area contributed by atoms with Crippen LogP contribution in [0.1, 0.15) is 18.0 Å². The molecule has 8 nitrogen and oxygen atoms in total. The van der Waals surface area contributed by atoms with Gasteiger partial charge in [0.1, 0.15) is 24.7 Å². The molecule has 0 fully saturated rings. The van der Waals surface area contributed by atoms with Gasteiger partial charge < -0.3 is 0 Å². The number of nitrogens with zero attached hydrogens (tertiary/aromatic N) is 8. The Morgan fingerprint density at radius 3 is 2.56 bits per heavy atom. The summed E-state index contributed by atoms with van der Waals surface area (Å²) in [6.07, 6.45) is 11.0. The summed E-state index contributed by atoms with van der Waals surface area (Å²) in [5, 5.41) is 12.8. The Morgan fingerprint density at radius 2 is 1.80 bits per heavy atom. The molecule has 4 rings (SSSR count). The fraction of sp³-hybridized carbons (Fsp3) is 0.176. The molecule has 0 N–H and O–H groups in total.